The maximum Gasteiger partial charge on any atom is 0.149 e. The summed E-state index contributed by atoms with van der Waals surface area (Å²) in [5.74, 6) is 0.450. The zero-order valence-corrected chi connectivity index (χ0v) is 10.3. The van der Waals surface area contributed by atoms with Crippen LogP contribution in [0.25, 0.3) is 0 Å². The largest absolute Gasteiger partial charge is 0.377 e. The standard InChI is InChI=1S/C13H23NO2/c1-2-14(10-11-6-5-9-16-11)12-7-3-4-8-13(12)15/h11-12H,2-10H2,1H3. The first-order valence-corrected chi connectivity index (χ1v) is 6.69. The highest BCUT2D eigenvalue weighted by molar-refractivity contribution is 5.84. The normalized spacial score (nSPS) is 31.2. The number of rotatable bonds is 4. The first-order valence-electron chi connectivity index (χ1n) is 6.69. The van der Waals surface area contributed by atoms with Crippen LogP contribution < -0.4 is 0 Å². The van der Waals surface area contributed by atoms with E-state index in [1.54, 1.807) is 0 Å². The number of hydrogen-bond donors (Lipinski definition) is 0. The molecular weight excluding hydrogens is 202 g/mol. The van der Waals surface area contributed by atoms with E-state index in [-0.39, 0.29) is 6.04 Å². The Morgan fingerprint density at radius 2 is 2.19 bits per heavy atom. The molecule has 3 heteroatoms. The van der Waals surface area contributed by atoms with Crippen LogP contribution in [-0.2, 0) is 9.53 Å². The minimum Gasteiger partial charge on any atom is -0.377 e. The molecule has 3 nitrogen and oxygen atoms in total. The summed E-state index contributed by atoms with van der Waals surface area (Å²) in [7, 11) is 0. The van der Waals surface area contributed by atoms with Gasteiger partial charge in [0.2, 0.25) is 0 Å². The molecule has 1 aliphatic heterocycles. The van der Waals surface area contributed by atoms with Gasteiger partial charge < -0.3 is 4.74 Å². The first kappa shape index (κ1) is 12.1. The third kappa shape index (κ3) is 2.83. The molecule has 0 radical (unpaired) electrons. The number of hydrogen-bond acceptors (Lipinski definition) is 3. The number of ketones is 1. The molecular formula is C13H23NO2. The Morgan fingerprint density at radius 3 is 2.81 bits per heavy atom. The fourth-order valence-electron chi connectivity index (χ4n) is 2.88. The molecule has 1 saturated heterocycles. The van der Waals surface area contributed by atoms with Crippen LogP contribution in [0.4, 0.5) is 0 Å². The molecule has 2 rings (SSSR count). The van der Waals surface area contributed by atoms with Crippen LogP contribution in [-0.4, -0.2) is 42.5 Å². The van der Waals surface area contributed by atoms with E-state index >= 15 is 0 Å². The summed E-state index contributed by atoms with van der Waals surface area (Å²) in [6, 6.07) is 0.183. The van der Waals surface area contributed by atoms with Crippen LogP contribution in [0.5, 0.6) is 0 Å². The lowest BCUT2D eigenvalue weighted by Crippen LogP contribution is -2.46. The lowest BCUT2D eigenvalue weighted by Gasteiger charge is -2.33. The monoisotopic (exact) mass is 225 g/mol. The Hall–Kier alpha value is -0.410. The van der Waals surface area contributed by atoms with Crippen LogP contribution in [0, 0.1) is 0 Å². The van der Waals surface area contributed by atoms with Crippen molar-refractivity contribution in [2.75, 3.05) is 19.7 Å². The minimum atomic E-state index is 0.183. The molecule has 0 aromatic carbocycles. The van der Waals surface area contributed by atoms with Crippen molar-refractivity contribution < 1.29 is 9.53 Å². The van der Waals surface area contributed by atoms with Crippen molar-refractivity contribution in [3.63, 3.8) is 0 Å². The Kier molecular flexibility index (Phi) is 4.36. The van der Waals surface area contributed by atoms with E-state index in [1.165, 1.54) is 12.8 Å². The molecule has 0 N–H and O–H groups in total. The van der Waals surface area contributed by atoms with Crippen LogP contribution in [0.1, 0.15) is 45.4 Å². The highest BCUT2D eigenvalue weighted by Gasteiger charge is 2.29. The van der Waals surface area contributed by atoms with Gasteiger partial charge in [0.1, 0.15) is 5.78 Å². The van der Waals surface area contributed by atoms with E-state index in [4.69, 9.17) is 4.74 Å². The molecule has 0 amide bonds. The Bertz CT molecular complexity index is 236. The Labute approximate surface area is 98.1 Å². The smallest absolute Gasteiger partial charge is 0.149 e. The van der Waals surface area contributed by atoms with Crippen LogP contribution in [0.15, 0.2) is 0 Å². The lowest BCUT2D eigenvalue weighted by molar-refractivity contribution is -0.126. The summed E-state index contributed by atoms with van der Waals surface area (Å²) >= 11 is 0. The lowest BCUT2D eigenvalue weighted by atomic mass is 9.92. The number of carbonyl (C=O) groups is 1. The second kappa shape index (κ2) is 5.78. The molecule has 2 fully saturated rings. The van der Waals surface area contributed by atoms with Crippen LogP contribution in [0.2, 0.25) is 0 Å². The molecule has 1 aliphatic carbocycles. The van der Waals surface area contributed by atoms with Crippen molar-refractivity contribution in [1.82, 2.24) is 4.90 Å². The number of carbonyl (C=O) groups excluding carboxylic acids is 1. The third-order valence-corrected chi connectivity index (χ3v) is 3.83. The van der Waals surface area contributed by atoms with E-state index in [2.05, 4.69) is 11.8 Å². The quantitative estimate of drug-likeness (QED) is 0.733. The second-order valence-corrected chi connectivity index (χ2v) is 4.95. The molecule has 1 heterocycles. The molecule has 92 valence electrons. The van der Waals surface area contributed by atoms with E-state index < -0.39 is 0 Å². The minimum absolute atomic E-state index is 0.183. The summed E-state index contributed by atoms with van der Waals surface area (Å²) in [6.45, 7) is 4.97. The van der Waals surface area contributed by atoms with E-state index in [0.717, 1.165) is 45.4 Å². The summed E-state index contributed by atoms with van der Waals surface area (Å²) in [6.07, 6.45) is 6.85. The van der Waals surface area contributed by atoms with Gasteiger partial charge in [-0.2, -0.15) is 0 Å². The zero-order chi connectivity index (χ0) is 11.4. The van der Waals surface area contributed by atoms with Gasteiger partial charge in [0.25, 0.3) is 0 Å². The van der Waals surface area contributed by atoms with Gasteiger partial charge in [-0.15, -0.1) is 0 Å². The number of Topliss-reactive ketones (excluding diaryl/α,β-unsaturated/α-hetero) is 1. The average molecular weight is 225 g/mol. The fraction of sp³-hybridized carbons (Fsp3) is 0.923. The predicted octanol–water partition coefficient (Wildman–Crippen LogP) is 2.00. The molecule has 0 bridgehead atoms. The highest BCUT2D eigenvalue weighted by Crippen LogP contribution is 2.22. The van der Waals surface area contributed by atoms with Gasteiger partial charge in [-0.3, -0.25) is 9.69 Å². The average Bonchev–Trinajstić information content (AvgIpc) is 2.80. The van der Waals surface area contributed by atoms with Gasteiger partial charge >= 0.3 is 0 Å². The topological polar surface area (TPSA) is 29.5 Å². The SMILES string of the molecule is CCN(CC1CCCO1)C1CCCCC1=O. The van der Waals surface area contributed by atoms with Crippen LogP contribution in [0.3, 0.4) is 0 Å². The van der Waals surface area contributed by atoms with Gasteiger partial charge in [0, 0.05) is 19.6 Å². The van der Waals surface area contributed by atoms with Crippen molar-refractivity contribution >= 4 is 5.78 Å². The first-order chi connectivity index (χ1) is 7.81. The second-order valence-electron chi connectivity index (χ2n) is 4.95. The Morgan fingerprint density at radius 1 is 1.31 bits per heavy atom. The van der Waals surface area contributed by atoms with E-state index in [9.17, 15) is 4.79 Å². The molecule has 1 saturated carbocycles. The molecule has 0 spiro atoms. The summed E-state index contributed by atoms with van der Waals surface area (Å²) in [5, 5.41) is 0. The molecule has 16 heavy (non-hydrogen) atoms. The number of likely N-dealkylation sites (N-methyl/N-ethyl adjacent to an activating group) is 1. The maximum absolute atomic E-state index is 11.9. The molecule has 2 atom stereocenters. The number of ether oxygens (including phenoxy) is 1. The van der Waals surface area contributed by atoms with Crippen molar-refractivity contribution in [2.24, 2.45) is 0 Å². The van der Waals surface area contributed by atoms with Gasteiger partial charge in [-0.05, 0) is 32.2 Å². The molecule has 0 aromatic rings. The third-order valence-electron chi connectivity index (χ3n) is 3.83. The molecule has 2 aliphatic rings. The van der Waals surface area contributed by atoms with Gasteiger partial charge in [0.05, 0.1) is 12.1 Å². The summed E-state index contributed by atoms with van der Waals surface area (Å²) in [5.41, 5.74) is 0. The van der Waals surface area contributed by atoms with Gasteiger partial charge in [0.15, 0.2) is 0 Å². The highest BCUT2D eigenvalue weighted by atomic mass is 16.5. The van der Waals surface area contributed by atoms with Gasteiger partial charge in [-0.25, -0.2) is 0 Å². The summed E-state index contributed by atoms with van der Waals surface area (Å²) in [4.78, 5) is 14.2. The Balaban J connectivity index is 1.89. The predicted molar refractivity (Wildman–Crippen MR) is 63.5 cm³/mol. The molecule has 0 aromatic heterocycles. The van der Waals surface area contributed by atoms with Crippen molar-refractivity contribution in [3.8, 4) is 0 Å². The summed E-state index contributed by atoms with van der Waals surface area (Å²) < 4.78 is 5.66. The molecule has 2 unspecified atom stereocenters. The van der Waals surface area contributed by atoms with E-state index in [1.807, 2.05) is 0 Å². The van der Waals surface area contributed by atoms with Crippen molar-refractivity contribution in [3.05, 3.63) is 0 Å². The van der Waals surface area contributed by atoms with Gasteiger partial charge in [-0.1, -0.05) is 13.3 Å². The zero-order valence-electron chi connectivity index (χ0n) is 10.3. The van der Waals surface area contributed by atoms with E-state index in [0.29, 0.717) is 11.9 Å². The number of nitrogens with zero attached hydrogens (tertiary/aromatic N) is 1. The van der Waals surface area contributed by atoms with Crippen LogP contribution >= 0.6 is 0 Å². The van der Waals surface area contributed by atoms with Crippen molar-refractivity contribution in [1.29, 1.82) is 0 Å². The maximum atomic E-state index is 11.9. The fourth-order valence-corrected chi connectivity index (χ4v) is 2.88. The van der Waals surface area contributed by atoms with Crippen molar-refractivity contribution in [2.45, 2.75) is 57.6 Å².